The van der Waals surface area contributed by atoms with Gasteiger partial charge in [-0.15, -0.1) is 0 Å². The van der Waals surface area contributed by atoms with Crippen molar-refractivity contribution in [1.82, 2.24) is 10.3 Å². The molecular formula is C10H14N4O2. The van der Waals surface area contributed by atoms with Gasteiger partial charge in [-0.3, -0.25) is 10.1 Å². The van der Waals surface area contributed by atoms with E-state index in [1.54, 1.807) is 12.3 Å². The van der Waals surface area contributed by atoms with Crippen LogP contribution in [0.2, 0.25) is 0 Å². The highest BCUT2D eigenvalue weighted by molar-refractivity contribution is 5.57. The maximum absolute atomic E-state index is 10.9. The summed E-state index contributed by atoms with van der Waals surface area (Å²) in [4.78, 5) is 16.5. The van der Waals surface area contributed by atoms with Gasteiger partial charge in [0.05, 0.1) is 4.92 Å². The molecule has 1 aliphatic heterocycles. The van der Waals surface area contributed by atoms with E-state index in [-0.39, 0.29) is 16.7 Å². The number of nitrogens with one attached hydrogen (secondary N) is 1. The molecule has 0 amide bonds. The normalized spacial score (nSPS) is 19.7. The van der Waals surface area contributed by atoms with Crippen molar-refractivity contribution in [1.29, 1.82) is 0 Å². The molecule has 1 aliphatic rings. The van der Waals surface area contributed by atoms with Gasteiger partial charge in [-0.25, -0.2) is 4.98 Å². The van der Waals surface area contributed by atoms with Crippen LogP contribution >= 0.6 is 0 Å². The van der Waals surface area contributed by atoms with E-state index >= 15 is 0 Å². The van der Waals surface area contributed by atoms with E-state index in [2.05, 4.69) is 10.3 Å². The predicted molar refractivity (Wildman–Crippen MR) is 60.6 cm³/mol. The van der Waals surface area contributed by atoms with Gasteiger partial charge in [-0.1, -0.05) is 0 Å². The van der Waals surface area contributed by atoms with E-state index in [1.807, 2.05) is 11.9 Å². The van der Waals surface area contributed by atoms with Gasteiger partial charge in [0.2, 0.25) is 5.82 Å². The Morgan fingerprint density at radius 1 is 1.69 bits per heavy atom. The van der Waals surface area contributed by atoms with Crippen LogP contribution in [0.15, 0.2) is 18.3 Å². The van der Waals surface area contributed by atoms with E-state index in [1.165, 1.54) is 6.07 Å². The van der Waals surface area contributed by atoms with Crippen molar-refractivity contribution in [2.24, 2.45) is 0 Å². The van der Waals surface area contributed by atoms with Crippen LogP contribution in [0.1, 0.15) is 6.42 Å². The van der Waals surface area contributed by atoms with Gasteiger partial charge >= 0.3 is 5.69 Å². The lowest BCUT2D eigenvalue weighted by Crippen LogP contribution is -2.34. The summed E-state index contributed by atoms with van der Waals surface area (Å²) >= 11 is 0. The van der Waals surface area contributed by atoms with E-state index in [9.17, 15) is 10.1 Å². The quantitative estimate of drug-likeness (QED) is 0.604. The fourth-order valence-corrected chi connectivity index (χ4v) is 1.95. The zero-order chi connectivity index (χ0) is 11.5. The number of rotatable bonds is 3. The summed E-state index contributed by atoms with van der Waals surface area (Å²) in [7, 11) is 1.85. The topological polar surface area (TPSA) is 71.3 Å². The Kier molecular flexibility index (Phi) is 3.00. The second-order valence-electron chi connectivity index (χ2n) is 3.86. The van der Waals surface area contributed by atoms with Gasteiger partial charge in [-0.2, -0.15) is 0 Å². The molecule has 2 rings (SSSR count). The predicted octanol–water partition coefficient (Wildman–Crippen LogP) is 0.788. The average molecular weight is 222 g/mol. The van der Waals surface area contributed by atoms with Crippen LogP contribution in [-0.4, -0.2) is 36.1 Å². The Morgan fingerprint density at radius 3 is 3.12 bits per heavy atom. The molecule has 0 unspecified atom stereocenters. The second-order valence-corrected chi connectivity index (χ2v) is 3.86. The third kappa shape index (κ3) is 1.96. The first-order chi connectivity index (χ1) is 7.70. The molecule has 0 bridgehead atoms. The molecule has 0 aromatic carbocycles. The van der Waals surface area contributed by atoms with Crippen molar-refractivity contribution >= 4 is 11.5 Å². The number of aromatic nitrogens is 1. The molecule has 0 saturated carbocycles. The standard InChI is InChI=1S/C10H14N4O2/c1-13(8-4-6-11-7-8)10-9(14(15)16)3-2-5-12-10/h2-3,5,8,11H,4,6-7H2,1H3/t8-/m0/s1. The SMILES string of the molecule is CN(c1ncccc1[N+](=O)[O-])[C@H]1CCNC1. The highest BCUT2D eigenvalue weighted by atomic mass is 16.6. The molecule has 0 aliphatic carbocycles. The summed E-state index contributed by atoms with van der Waals surface area (Å²) < 4.78 is 0. The zero-order valence-corrected chi connectivity index (χ0v) is 9.09. The molecule has 1 aromatic heterocycles. The number of pyridine rings is 1. The van der Waals surface area contributed by atoms with Crippen LogP contribution in [-0.2, 0) is 0 Å². The Balaban J connectivity index is 2.27. The van der Waals surface area contributed by atoms with Crippen molar-refractivity contribution in [2.45, 2.75) is 12.5 Å². The van der Waals surface area contributed by atoms with Crippen molar-refractivity contribution in [3.8, 4) is 0 Å². The minimum atomic E-state index is -0.388. The van der Waals surface area contributed by atoms with Gasteiger partial charge in [0.25, 0.3) is 0 Å². The third-order valence-electron chi connectivity index (χ3n) is 2.88. The molecule has 2 heterocycles. The highest BCUT2D eigenvalue weighted by Crippen LogP contribution is 2.26. The van der Waals surface area contributed by atoms with Gasteiger partial charge in [0, 0.05) is 31.9 Å². The summed E-state index contributed by atoms with van der Waals surface area (Å²) in [6.45, 7) is 1.81. The van der Waals surface area contributed by atoms with E-state index in [4.69, 9.17) is 0 Å². The summed E-state index contributed by atoms with van der Waals surface area (Å²) in [5.74, 6) is 0.446. The largest absolute Gasteiger partial charge is 0.350 e. The second kappa shape index (κ2) is 4.44. The van der Waals surface area contributed by atoms with E-state index in [0.717, 1.165) is 19.5 Å². The minimum Gasteiger partial charge on any atom is -0.350 e. The lowest BCUT2D eigenvalue weighted by Gasteiger charge is -2.24. The summed E-state index contributed by atoms with van der Waals surface area (Å²) in [6, 6.07) is 3.36. The molecule has 1 aromatic rings. The average Bonchev–Trinajstić information content (AvgIpc) is 2.81. The van der Waals surface area contributed by atoms with Crippen LogP contribution in [0.5, 0.6) is 0 Å². The van der Waals surface area contributed by atoms with Crippen LogP contribution in [0.3, 0.4) is 0 Å². The molecule has 16 heavy (non-hydrogen) atoms. The third-order valence-corrected chi connectivity index (χ3v) is 2.88. The maximum Gasteiger partial charge on any atom is 0.311 e. The number of hydrogen-bond acceptors (Lipinski definition) is 5. The maximum atomic E-state index is 10.9. The first-order valence-electron chi connectivity index (χ1n) is 5.23. The Hall–Kier alpha value is -1.69. The number of nitrogens with zero attached hydrogens (tertiary/aromatic N) is 3. The van der Waals surface area contributed by atoms with Crippen LogP contribution in [0.4, 0.5) is 11.5 Å². The smallest absolute Gasteiger partial charge is 0.311 e. The number of hydrogen-bond donors (Lipinski definition) is 1. The molecule has 1 atom stereocenters. The molecular weight excluding hydrogens is 208 g/mol. The molecule has 0 spiro atoms. The van der Waals surface area contributed by atoms with Crippen LogP contribution in [0, 0.1) is 10.1 Å². The van der Waals surface area contributed by atoms with Crippen LogP contribution < -0.4 is 10.2 Å². The highest BCUT2D eigenvalue weighted by Gasteiger charge is 2.25. The lowest BCUT2D eigenvalue weighted by molar-refractivity contribution is -0.384. The van der Waals surface area contributed by atoms with Gasteiger partial charge in [0.1, 0.15) is 0 Å². The van der Waals surface area contributed by atoms with Crippen molar-refractivity contribution in [3.05, 3.63) is 28.4 Å². The Morgan fingerprint density at radius 2 is 2.50 bits per heavy atom. The minimum absolute atomic E-state index is 0.0666. The number of anilines is 1. The first-order valence-corrected chi connectivity index (χ1v) is 5.23. The van der Waals surface area contributed by atoms with Crippen molar-refractivity contribution < 1.29 is 4.92 Å². The lowest BCUT2D eigenvalue weighted by atomic mass is 10.2. The Bertz CT molecular complexity index is 390. The molecule has 1 saturated heterocycles. The summed E-state index contributed by atoms with van der Waals surface area (Å²) in [5, 5.41) is 14.1. The van der Waals surface area contributed by atoms with Crippen molar-refractivity contribution in [3.63, 3.8) is 0 Å². The van der Waals surface area contributed by atoms with Gasteiger partial charge in [0.15, 0.2) is 0 Å². The van der Waals surface area contributed by atoms with Gasteiger partial charge in [-0.05, 0) is 19.0 Å². The summed E-state index contributed by atoms with van der Waals surface area (Å²) in [5.41, 5.74) is 0.0666. The monoisotopic (exact) mass is 222 g/mol. The van der Waals surface area contributed by atoms with Gasteiger partial charge < -0.3 is 10.2 Å². The van der Waals surface area contributed by atoms with Crippen LogP contribution in [0.25, 0.3) is 0 Å². The Labute approximate surface area is 93.4 Å². The van der Waals surface area contributed by atoms with Crippen molar-refractivity contribution in [2.75, 3.05) is 25.0 Å². The molecule has 6 heteroatoms. The molecule has 0 radical (unpaired) electrons. The molecule has 86 valence electrons. The van der Waals surface area contributed by atoms with E-state index < -0.39 is 0 Å². The molecule has 6 nitrogen and oxygen atoms in total. The first kappa shape index (κ1) is 10.8. The molecule has 1 N–H and O–H groups in total. The van der Waals surface area contributed by atoms with E-state index in [0.29, 0.717) is 5.82 Å². The molecule has 1 fully saturated rings. The number of likely N-dealkylation sites (N-methyl/N-ethyl adjacent to an activating group) is 1. The number of nitro groups is 1. The fourth-order valence-electron chi connectivity index (χ4n) is 1.95. The fraction of sp³-hybridized carbons (Fsp3) is 0.500. The summed E-state index contributed by atoms with van der Waals surface area (Å²) in [6.07, 6.45) is 2.57. The zero-order valence-electron chi connectivity index (χ0n) is 9.09.